The van der Waals surface area contributed by atoms with Gasteiger partial charge >= 0.3 is 37.7 Å². The van der Waals surface area contributed by atoms with E-state index in [0.717, 1.165) is 36.1 Å². The number of ether oxygens (including phenoxy) is 1. The third-order valence-corrected chi connectivity index (χ3v) is 27.1. The third-order valence-electron chi connectivity index (χ3n) is 15.5. The van der Waals surface area contributed by atoms with E-state index in [4.69, 9.17) is 4.74 Å². The summed E-state index contributed by atoms with van der Waals surface area (Å²) in [5, 5.41) is 6.54. The monoisotopic (exact) mass is 917 g/mol. The Balaban J connectivity index is 0.000000304. The molecule has 6 unspecified atom stereocenters. The largest absolute Gasteiger partial charge is 1.00 e. The fourth-order valence-electron chi connectivity index (χ4n) is 12.9. The van der Waals surface area contributed by atoms with Gasteiger partial charge in [-0.05, 0) is 61.4 Å². The Labute approximate surface area is 437 Å². The molecule has 9 rings (SSSR count). The summed E-state index contributed by atoms with van der Waals surface area (Å²) in [5.74, 6) is 1.94. The van der Waals surface area contributed by atoms with Crippen LogP contribution in [0.3, 0.4) is 0 Å². The van der Waals surface area contributed by atoms with Gasteiger partial charge in [0.25, 0.3) is 0 Å². The first-order chi connectivity index (χ1) is 31.1. The van der Waals surface area contributed by atoms with Crippen LogP contribution in [0.25, 0.3) is 0 Å². The van der Waals surface area contributed by atoms with E-state index in [9.17, 15) is 0 Å². The first-order valence-electron chi connectivity index (χ1n) is 25.6. The molecule has 4 aliphatic carbocycles. The Morgan fingerprint density at radius 1 is 0.448 bits per heavy atom. The van der Waals surface area contributed by atoms with Crippen LogP contribution < -0.4 is 58.5 Å². The summed E-state index contributed by atoms with van der Waals surface area (Å²) in [6.07, 6.45) is 36.8. The number of allylic oxidation sites excluding steroid dienone is 8. The van der Waals surface area contributed by atoms with Gasteiger partial charge in [-0.1, -0.05) is 282 Å². The molecule has 0 aromatic heterocycles. The fraction of sp³-hybridized carbons (Fsp3) is 0.452. The zero-order chi connectivity index (χ0) is 43.7. The van der Waals surface area contributed by atoms with Crippen molar-refractivity contribution >= 4 is 36.9 Å². The van der Waals surface area contributed by atoms with Crippen molar-refractivity contribution in [3.05, 3.63) is 184 Å². The van der Waals surface area contributed by atoms with Crippen molar-refractivity contribution in [2.45, 2.75) is 153 Å². The van der Waals surface area contributed by atoms with E-state index < -0.39 is 16.1 Å². The average molecular weight is 917 g/mol. The van der Waals surface area contributed by atoms with E-state index in [0.29, 0.717) is 11.1 Å². The Morgan fingerprint density at radius 2 is 0.791 bits per heavy atom. The molecule has 0 N–H and O–H groups in total. The summed E-state index contributed by atoms with van der Waals surface area (Å²) in [7, 11) is -3.97. The van der Waals surface area contributed by atoms with Gasteiger partial charge in [-0.3, -0.25) is 0 Å². The smallest absolute Gasteiger partial charge is 0.381 e. The van der Waals surface area contributed by atoms with Crippen LogP contribution in [0, 0.1) is 26.7 Å². The Morgan fingerprint density at radius 3 is 1.09 bits per heavy atom. The summed E-state index contributed by atoms with van der Waals surface area (Å²) in [5.41, 5.74) is 5.85. The van der Waals surface area contributed by atoms with Gasteiger partial charge in [-0.15, -0.1) is 0 Å². The molecule has 4 aromatic carbocycles. The van der Waals surface area contributed by atoms with Gasteiger partial charge in [0, 0.05) is 24.3 Å². The topological polar surface area (TPSA) is 9.23 Å². The van der Waals surface area contributed by atoms with Gasteiger partial charge in [0.05, 0.1) is 0 Å². The second-order valence-electron chi connectivity index (χ2n) is 19.6. The molecule has 0 radical (unpaired) electrons. The molecule has 4 aromatic rings. The van der Waals surface area contributed by atoms with Crippen molar-refractivity contribution in [1.29, 1.82) is 0 Å². The maximum absolute atomic E-state index is 4.94. The van der Waals surface area contributed by atoms with Crippen molar-refractivity contribution in [2.24, 2.45) is 11.8 Å². The second-order valence-corrected chi connectivity index (χ2v) is 28.4. The Kier molecular flexibility index (Phi) is 26.5. The molecule has 0 spiro atoms. The van der Waals surface area contributed by atoms with E-state index in [1.54, 1.807) is 20.7 Å². The van der Waals surface area contributed by atoms with Crippen LogP contribution in [0.5, 0.6) is 0 Å². The van der Waals surface area contributed by atoms with Crippen LogP contribution in [0.4, 0.5) is 0 Å². The molecule has 350 valence electrons. The summed E-state index contributed by atoms with van der Waals surface area (Å²) in [6, 6.07) is 46.5. The van der Waals surface area contributed by atoms with Gasteiger partial charge in [0.2, 0.25) is 0 Å². The minimum Gasteiger partial charge on any atom is -0.381 e. The predicted molar refractivity (Wildman–Crippen MR) is 292 cm³/mol. The second kappa shape index (κ2) is 30.2. The van der Waals surface area contributed by atoms with Gasteiger partial charge in [-0.25, -0.2) is 0 Å². The zero-order valence-electron chi connectivity index (χ0n) is 43.6. The van der Waals surface area contributed by atoms with Crippen molar-refractivity contribution < 1.29 is 42.5 Å². The molecule has 0 bridgehead atoms. The van der Waals surface area contributed by atoms with Gasteiger partial charge < -0.3 is 19.6 Å². The molecule has 1 aliphatic heterocycles. The quantitative estimate of drug-likeness (QED) is 0.0805. The molecule has 1 heterocycles. The minimum atomic E-state index is -2.15. The summed E-state index contributed by atoms with van der Waals surface area (Å²) < 4.78 is 4.94. The first-order valence-corrected chi connectivity index (χ1v) is 30.0. The van der Waals surface area contributed by atoms with Crippen molar-refractivity contribution in [3.8, 4) is 0 Å². The maximum atomic E-state index is 4.94. The molecule has 5 heteroatoms. The molecule has 1 saturated heterocycles. The van der Waals surface area contributed by atoms with Crippen molar-refractivity contribution in [2.75, 3.05) is 13.2 Å². The molecule has 0 amide bonds. The summed E-state index contributed by atoms with van der Waals surface area (Å²) in [4.78, 5) is 0. The number of hydrogen-bond donors (Lipinski definition) is 0. The van der Waals surface area contributed by atoms with Crippen LogP contribution in [0.2, 0.25) is 22.2 Å². The maximum Gasteiger partial charge on any atom is 1.00 e. The SMILES string of the molecule is C1CCOC1.CCCC1=CC([Si](c2ccccc2)(c2ccccc2)C2C=CC(CCC)=C2)C=C1.CCCC1CCC([Si](c2ccccc2)(c2ccccc2)C2CCC(CCC)C2)C1.[CH3-].[CH3-].[Li+].[Li+]. The summed E-state index contributed by atoms with van der Waals surface area (Å²) in [6.45, 7) is 11.3. The molecule has 2 saturated carbocycles. The Bertz CT molecular complexity index is 1910. The van der Waals surface area contributed by atoms with Crippen molar-refractivity contribution in [3.63, 3.8) is 0 Å². The third kappa shape index (κ3) is 14.1. The zero-order valence-corrected chi connectivity index (χ0v) is 45.6. The number of benzene rings is 4. The van der Waals surface area contributed by atoms with Crippen LogP contribution >= 0.6 is 0 Å². The van der Waals surface area contributed by atoms with Gasteiger partial charge in [-0.2, -0.15) is 0 Å². The molecule has 67 heavy (non-hydrogen) atoms. The molecule has 5 aliphatic rings. The molecule has 6 atom stereocenters. The van der Waals surface area contributed by atoms with Crippen LogP contribution in [0.15, 0.2) is 169 Å². The van der Waals surface area contributed by atoms with E-state index in [2.05, 4.69) is 185 Å². The minimum absolute atomic E-state index is 0. The van der Waals surface area contributed by atoms with Crippen LogP contribution in [-0.4, -0.2) is 29.4 Å². The van der Waals surface area contributed by atoms with E-state index in [1.165, 1.54) is 114 Å². The van der Waals surface area contributed by atoms with E-state index >= 15 is 0 Å². The first kappa shape index (κ1) is 58.7. The van der Waals surface area contributed by atoms with E-state index in [-0.39, 0.29) is 52.6 Å². The molecular formula is C62H86Li2OSi2. The average Bonchev–Trinajstić information content (AvgIpc) is 4.20. The van der Waals surface area contributed by atoms with Crippen molar-refractivity contribution in [1.82, 2.24) is 0 Å². The normalized spacial score (nSPS) is 22.6. The standard InChI is InChI=1S/C28H40Si.C28H32Si.C4H8O.2CH3.2Li/c2*1-3-11-23-17-19-27(21-23)29(25-13-7-5-8-14-25,26-15-9-6-10-16-26)28-20-18-24(22-28)12-4-2;1-2-4-5-3-1;;;;/h5-10,13-16,23-24,27-28H,3-4,11-12,17-22H2,1-2H3;5-10,13-22,27-28H,3-4,11-12H2,1-2H3;1-4H2;2*1H3;;/q;;;2*-1;2*+1. The fourth-order valence-corrected chi connectivity index (χ4v) is 25.5. The Hall–Kier alpha value is -2.57. The van der Waals surface area contributed by atoms with Crippen LogP contribution in [0.1, 0.15) is 130 Å². The predicted octanol–water partition coefficient (Wildman–Crippen LogP) is 9.48. The van der Waals surface area contributed by atoms with E-state index in [1.807, 2.05) is 0 Å². The molecule has 3 fully saturated rings. The molecular weight excluding hydrogens is 831 g/mol. The van der Waals surface area contributed by atoms with Gasteiger partial charge in [0.1, 0.15) is 16.1 Å². The summed E-state index contributed by atoms with van der Waals surface area (Å²) >= 11 is 0. The van der Waals surface area contributed by atoms with Crippen LogP contribution in [-0.2, 0) is 4.74 Å². The number of hydrogen-bond acceptors (Lipinski definition) is 1. The molecule has 1 nitrogen and oxygen atoms in total. The van der Waals surface area contributed by atoms with Gasteiger partial charge in [0.15, 0.2) is 0 Å². The number of rotatable bonds is 16.